The fourth-order valence-corrected chi connectivity index (χ4v) is 1.96. The first-order chi connectivity index (χ1) is 8.22. The molecule has 2 rings (SSSR count). The van der Waals surface area contributed by atoms with Crippen LogP contribution in [-0.4, -0.2) is 10.1 Å². The van der Waals surface area contributed by atoms with E-state index in [1.165, 1.54) is 11.1 Å². The second-order valence-electron chi connectivity index (χ2n) is 4.19. The summed E-state index contributed by atoms with van der Waals surface area (Å²) >= 11 is 0. The maximum atomic E-state index is 9.61. The third-order valence-corrected chi connectivity index (χ3v) is 2.96. The third-order valence-electron chi connectivity index (χ3n) is 2.96. The molecular weight excluding hydrogens is 210 g/mol. The van der Waals surface area contributed by atoms with Gasteiger partial charge in [0.2, 0.25) is 0 Å². The normalized spacial score (nSPS) is 12.4. The van der Waals surface area contributed by atoms with E-state index in [9.17, 15) is 5.11 Å². The second kappa shape index (κ2) is 5.11. The highest BCUT2D eigenvalue weighted by molar-refractivity contribution is 5.67. The Morgan fingerprint density at radius 2 is 2.12 bits per heavy atom. The van der Waals surface area contributed by atoms with E-state index in [-0.39, 0.29) is 0 Å². The zero-order valence-electron chi connectivity index (χ0n) is 10.2. The Morgan fingerprint density at radius 3 is 2.82 bits per heavy atom. The molecule has 0 bridgehead atoms. The van der Waals surface area contributed by atoms with Crippen molar-refractivity contribution in [2.75, 3.05) is 0 Å². The summed E-state index contributed by atoms with van der Waals surface area (Å²) in [5, 5.41) is 9.61. The van der Waals surface area contributed by atoms with Crippen LogP contribution in [0.1, 0.15) is 31.1 Å². The summed E-state index contributed by atoms with van der Waals surface area (Å²) in [5.74, 6) is 0. The van der Waals surface area contributed by atoms with Crippen LogP contribution in [0.2, 0.25) is 0 Å². The molecule has 2 heteroatoms. The fraction of sp³-hybridized carbons (Fsp3) is 0.267. The molecule has 0 saturated carbocycles. The lowest BCUT2D eigenvalue weighted by atomic mass is 9.97. The summed E-state index contributed by atoms with van der Waals surface area (Å²) in [5.41, 5.74) is 4.52. The highest BCUT2D eigenvalue weighted by Crippen LogP contribution is 2.26. The molecule has 1 atom stereocenters. The number of aliphatic hydroxyl groups is 1. The minimum atomic E-state index is -0.429. The van der Waals surface area contributed by atoms with Gasteiger partial charge in [0.15, 0.2) is 0 Å². The molecule has 1 aromatic carbocycles. The van der Waals surface area contributed by atoms with Crippen LogP contribution in [0.5, 0.6) is 0 Å². The van der Waals surface area contributed by atoms with Crippen LogP contribution in [0.15, 0.2) is 42.7 Å². The molecule has 1 heterocycles. The van der Waals surface area contributed by atoms with Crippen molar-refractivity contribution in [2.24, 2.45) is 0 Å². The molecule has 17 heavy (non-hydrogen) atoms. The molecule has 0 fully saturated rings. The summed E-state index contributed by atoms with van der Waals surface area (Å²) in [6, 6.07) is 10.1. The van der Waals surface area contributed by atoms with Crippen LogP contribution < -0.4 is 0 Å². The van der Waals surface area contributed by atoms with Gasteiger partial charge in [0.25, 0.3) is 0 Å². The van der Waals surface area contributed by atoms with Gasteiger partial charge in [-0.05, 0) is 47.7 Å². The van der Waals surface area contributed by atoms with Gasteiger partial charge in [0, 0.05) is 12.4 Å². The number of pyridine rings is 1. The van der Waals surface area contributed by atoms with Crippen molar-refractivity contribution >= 4 is 0 Å². The number of hydrogen-bond donors (Lipinski definition) is 1. The van der Waals surface area contributed by atoms with Crippen molar-refractivity contribution in [3.8, 4) is 11.1 Å². The Balaban J connectivity index is 2.49. The van der Waals surface area contributed by atoms with E-state index in [1.54, 1.807) is 6.92 Å². The molecule has 2 aromatic rings. The topological polar surface area (TPSA) is 33.1 Å². The SMILES string of the molecule is CCc1cnccc1-c1cccc(C(C)O)c1. The van der Waals surface area contributed by atoms with Gasteiger partial charge < -0.3 is 5.11 Å². The first-order valence-electron chi connectivity index (χ1n) is 5.93. The maximum absolute atomic E-state index is 9.61. The molecule has 2 nitrogen and oxygen atoms in total. The molecule has 0 aliphatic heterocycles. The molecule has 88 valence electrons. The van der Waals surface area contributed by atoms with Gasteiger partial charge >= 0.3 is 0 Å². The van der Waals surface area contributed by atoms with E-state index in [2.05, 4.69) is 18.0 Å². The number of rotatable bonds is 3. The Bertz CT molecular complexity index is 506. The van der Waals surface area contributed by atoms with Gasteiger partial charge in [-0.25, -0.2) is 0 Å². The molecule has 0 spiro atoms. The van der Waals surface area contributed by atoms with Gasteiger partial charge in [0.1, 0.15) is 0 Å². The Hall–Kier alpha value is -1.67. The minimum Gasteiger partial charge on any atom is -0.389 e. The monoisotopic (exact) mass is 227 g/mol. The molecule has 0 amide bonds. The molecule has 1 N–H and O–H groups in total. The van der Waals surface area contributed by atoms with Crippen LogP contribution in [0.25, 0.3) is 11.1 Å². The molecule has 1 aromatic heterocycles. The van der Waals surface area contributed by atoms with Crippen molar-refractivity contribution in [2.45, 2.75) is 26.4 Å². The third kappa shape index (κ3) is 2.53. The van der Waals surface area contributed by atoms with Crippen molar-refractivity contribution < 1.29 is 5.11 Å². The summed E-state index contributed by atoms with van der Waals surface area (Å²) in [6.45, 7) is 3.91. The number of nitrogens with zero attached hydrogens (tertiary/aromatic N) is 1. The summed E-state index contributed by atoms with van der Waals surface area (Å²) < 4.78 is 0. The Kier molecular flexibility index (Phi) is 3.55. The average Bonchev–Trinajstić information content (AvgIpc) is 2.39. The predicted octanol–water partition coefficient (Wildman–Crippen LogP) is 3.36. The lowest BCUT2D eigenvalue weighted by Gasteiger charge is -2.10. The number of hydrogen-bond acceptors (Lipinski definition) is 2. The highest BCUT2D eigenvalue weighted by atomic mass is 16.3. The Labute approximate surface area is 102 Å². The van der Waals surface area contributed by atoms with Gasteiger partial charge in [-0.2, -0.15) is 0 Å². The zero-order valence-corrected chi connectivity index (χ0v) is 10.2. The molecule has 0 aliphatic rings. The maximum Gasteiger partial charge on any atom is 0.0762 e. The molecule has 1 unspecified atom stereocenters. The lowest BCUT2D eigenvalue weighted by molar-refractivity contribution is 0.199. The van der Waals surface area contributed by atoms with E-state index >= 15 is 0 Å². The number of aliphatic hydroxyl groups excluding tert-OH is 1. The van der Waals surface area contributed by atoms with E-state index < -0.39 is 6.10 Å². The molecule has 0 aliphatic carbocycles. The highest BCUT2D eigenvalue weighted by Gasteiger charge is 2.06. The quantitative estimate of drug-likeness (QED) is 0.872. The molecule has 0 saturated heterocycles. The van der Waals surface area contributed by atoms with Crippen LogP contribution in [0.4, 0.5) is 0 Å². The summed E-state index contributed by atoms with van der Waals surface area (Å²) in [6.07, 6.45) is 4.25. The van der Waals surface area contributed by atoms with Crippen LogP contribution >= 0.6 is 0 Å². The first-order valence-corrected chi connectivity index (χ1v) is 5.93. The summed E-state index contributed by atoms with van der Waals surface area (Å²) in [4.78, 5) is 4.15. The van der Waals surface area contributed by atoms with Gasteiger partial charge in [-0.1, -0.05) is 25.1 Å². The molecular formula is C15H17NO. The number of aromatic nitrogens is 1. The van der Waals surface area contributed by atoms with Crippen molar-refractivity contribution in [1.29, 1.82) is 0 Å². The average molecular weight is 227 g/mol. The number of aryl methyl sites for hydroxylation is 1. The zero-order chi connectivity index (χ0) is 12.3. The van der Waals surface area contributed by atoms with E-state index in [1.807, 2.05) is 36.7 Å². The van der Waals surface area contributed by atoms with Gasteiger partial charge in [-0.15, -0.1) is 0 Å². The molecule has 0 radical (unpaired) electrons. The predicted molar refractivity (Wildman–Crippen MR) is 69.7 cm³/mol. The second-order valence-corrected chi connectivity index (χ2v) is 4.19. The van der Waals surface area contributed by atoms with Gasteiger partial charge in [-0.3, -0.25) is 4.98 Å². The van der Waals surface area contributed by atoms with Gasteiger partial charge in [0.05, 0.1) is 6.10 Å². The lowest BCUT2D eigenvalue weighted by Crippen LogP contribution is -1.93. The van der Waals surface area contributed by atoms with Crippen molar-refractivity contribution in [3.05, 3.63) is 53.9 Å². The van der Waals surface area contributed by atoms with E-state index in [0.29, 0.717) is 0 Å². The van der Waals surface area contributed by atoms with Crippen LogP contribution in [-0.2, 0) is 6.42 Å². The Morgan fingerprint density at radius 1 is 1.29 bits per heavy atom. The van der Waals surface area contributed by atoms with Crippen molar-refractivity contribution in [3.63, 3.8) is 0 Å². The van der Waals surface area contributed by atoms with Crippen LogP contribution in [0.3, 0.4) is 0 Å². The summed E-state index contributed by atoms with van der Waals surface area (Å²) in [7, 11) is 0. The van der Waals surface area contributed by atoms with Crippen LogP contribution in [0, 0.1) is 0 Å². The minimum absolute atomic E-state index is 0.429. The van der Waals surface area contributed by atoms with Crippen molar-refractivity contribution in [1.82, 2.24) is 4.98 Å². The largest absolute Gasteiger partial charge is 0.389 e. The standard InChI is InChI=1S/C15H17NO/c1-3-12-10-16-8-7-15(12)14-6-4-5-13(9-14)11(2)17/h4-11,17H,3H2,1-2H3. The van der Waals surface area contributed by atoms with E-state index in [4.69, 9.17) is 0 Å². The smallest absolute Gasteiger partial charge is 0.0762 e. The number of benzene rings is 1. The van der Waals surface area contributed by atoms with E-state index in [0.717, 1.165) is 17.5 Å². The fourth-order valence-electron chi connectivity index (χ4n) is 1.96. The first kappa shape index (κ1) is 11.8.